The van der Waals surface area contributed by atoms with Gasteiger partial charge in [0.2, 0.25) is 0 Å². The fraction of sp³-hybridized carbons (Fsp3) is 0. The average Bonchev–Trinajstić information content (AvgIpc) is 3.82. The molecular weight excluding hydrogens is 687 g/mol. The lowest BCUT2D eigenvalue weighted by molar-refractivity contribution is 0.669. The van der Waals surface area contributed by atoms with E-state index < -0.39 is 0 Å². The molecule has 0 aliphatic rings. The summed E-state index contributed by atoms with van der Waals surface area (Å²) in [5, 5.41) is 7.46. The molecule has 11 aromatic rings. The minimum absolute atomic E-state index is 0.905. The summed E-state index contributed by atoms with van der Waals surface area (Å²) >= 11 is 1.87. The Bertz CT molecular complexity index is 3170. The van der Waals surface area contributed by atoms with Crippen molar-refractivity contribution >= 4 is 81.3 Å². The van der Waals surface area contributed by atoms with Crippen molar-refractivity contribution in [2.24, 2.45) is 0 Å². The van der Waals surface area contributed by atoms with Crippen molar-refractivity contribution in [1.82, 2.24) is 0 Å². The van der Waals surface area contributed by atoms with E-state index in [9.17, 15) is 0 Å². The highest BCUT2D eigenvalue weighted by Gasteiger charge is 2.18. The molecule has 0 fully saturated rings. The van der Waals surface area contributed by atoms with E-state index in [1.807, 2.05) is 23.5 Å². The van der Waals surface area contributed by atoms with Crippen LogP contribution in [-0.4, -0.2) is 0 Å². The smallest absolute Gasteiger partial charge is 0.136 e. The van der Waals surface area contributed by atoms with E-state index in [1.54, 1.807) is 0 Å². The van der Waals surface area contributed by atoms with Gasteiger partial charge >= 0.3 is 0 Å². The Morgan fingerprint density at radius 1 is 0.364 bits per heavy atom. The van der Waals surface area contributed by atoms with E-state index in [4.69, 9.17) is 4.42 Å². The monoisotopic (exact) mass is 719 g/mol. The summed E-state index contributed by atoms with van der Waals surface area (Å²) in [4.78, 5) is 2.36. The summed E-state index contributed by atoms with van der Waals surface area (Å²) in [6.45, 7) is 0. The maximum absolute atomic E-state index is 6.23. The van der Waals surface area contributed by atoms with Gasteiger partial charge in [-0.15, -0.1) is 11.3 Å². The van der Waals surface area contributed by atoms with E-state index >= 15 is 0 Å². The Labute approximate surface area is 322 Å². The van der Waals surface area contributed by atoms with Crippen molar-refractivity contribution in [3.63, 3.8) is 0 Å². The zero-order valence-corrected chi connectivity index (χ0v) is 30.6. The van der Waals surface area contributed by atoms with Crippen LogP contribution in [0.4, 0.5) is 17.1 Å². The molecule has 2 aromatic heterocycles. The summed E-state index contributed by atoms with van der Waals surface area (Å²) in [7, 11) is 0. The van der Waals surface area contributed by atoms with E-state index in [0.29, 0.717) is 0 Å². The molecule has 0 saturated carbocycles. The van der Waals surface area contributed by atoms with E-state index in [2.05, 4.69) is 193 Å². The molecule has 2 heterocycles. The van der Waals surface area contributed by atoms with Gasteiger partial charge in [-0.05, 0) is 105 Å². The Kier molecular flexibility index (Phi) is 7.39. The largest absolute Gasteiger partial charge is 0.456 e. The molecule has 55 heavy (non-hydrogen) atoms. The van der Waals surface area contributed by atoms with Gasteiger partial charge in [0.1, 0.15) is 11.2 Å². The fourth-order valence-corrected chi connectivity index (χ4v) is 9.48. The molecule has 0 radical (unpaired) electrons. The summed E-state index contributed by atoms with van der Waals surface area (Å²) in [6.07, 6.45) is 0. The molecule has 2 nitrogen and oxygen atoms in total. The molecule has 0 atom stereocenters. The van der Waals surface area contributed by atoms with Crippen LogP contribution in [-0.2, 0) is 0 Å². The molecule has 11 rings (SSSR count). The molecule has 0 saturated heterocycles. The average molecular weight is 720 g/mol. The highest BCUT2D eigenvalue weighted by atomic mass is 32.1. The van der Waals surface area contributed by atoms with Gasteiger partial charge in [-0.1, -0.05) is 140 Å². The number of thiophene rings is 1. The first kappa shape index (κ1) is 31.6. The number of anilines is 3. The molecule has 258 valence electrons. The first-order chi connectivity index (χ1) is 27.3. The molecular formula is C52H33NOS. The number of para-hydroxylation sites is 1. The summed E-state index contributed by atoms with van der Waals surface area (Å²) in [5.41, 5.74) is 12.3. The van der Waals surface area contributed by atoms with Crippen molar-refractivity contribution < 1.29 is 4.42 Å². The van der Waals surface area contributed by atoms with Crippen molar-refractivity contribution in [3.05, 3.63) is 200 Å². The van der Waals surface area contributed by atoms with Crippen LogP contribution < -0.4 is 4.90 Å². The van der Waals surface area contributed by atoms with Gasteiger partial charge in [0.05, 0.1) is 0 Å². The Hall–Kier alpha value is -6.94. The fourth-order valence-electron chi connectivity index (χ4n) is 8.31. The second kappa shape index (κ2) is 12.9. The van der Waals surface area contributed by atoms with Crippen molar-refractivity contribution in [1.29, 1.82) is 0 Å². The van der Waals surface area contributed by atoms with Crippen LogP contribution in [0.1, 0.15) is 0 Å². The number of fused-ring (bicyclic) bond motifs is 7. The third-order valence-electron chi connectivity index (χ3n) is 10.9. The number of rotatable bonds is 6. The molecule has 9 aromatic carbocycles. The van der Waals surface area contributed by atoms with Crippen LogP contribution in [0, 0.1) is 0 Å². The van der Waals surface area contributed by atoms with E-state index in [1.165, 1.54) is 58.8 Å². The molecule has 0 bridgehead atoms. The maximum Gasteiger partial charge on any atom is 0.136 e. The maximum atomic E-state index is 6.23. The summed E-state index contributed by atoms with van der Waals surface area (Å²) < 4.78 is 8.87. The van der Waals surface area contributed by atoms with Gasteiger partial charge in [-0.25, -0.2) is 0 Å². The lowest BCUT2D eigenvalue weighted by Crippen LogP contribution is -2.09. The third kappa shape index (κ3) is 5.32. The SMILES string of the molecule is c1ccc(-c2ccc(N(c3ccc(-c4cccc5oc6ccccc6c45)cc3)c3ccc(-c4c5ccccc5cc5sc6ccccc6c45)cc3)cc2)cc1. The lowest BCUT2D eigenvalue weighted by atomic mass is 9.93. The molecule has 0 aliphatic carbocycles. The van der Waals surface area contributed by atoms with Crippen molar-refractivity contribution in [2.75, 3.05) is 4.90 Å². The van der Waals surface area contributed by atoms with Crippen LogP contribution in [0.5, 0.6) is 0 Å². The third-order valence-corrected chi connectivity index (χ3v) is 12.0. The second-order valence-corrected chi connectivity index (χ2v) is 15.1. The second-order valence-electron chi connectivity index (χ2n) is 14.1. The van der Waals surface area contributed by atoms with Gasteiger partial charge in [0.15, 0.2) is 0 Å². The standard InChI is InChI=1S/C52H33NOS/c1-2-11-34(12-3-1)35-21-27-39(28-22-35)53(40-29-23-36(24-30-40)42-17-10-19-47-51(42)44-15-6-8-18-46(44)54-47)41-31-25-37(26-32-41)50-43-14-5-4-13-38(43)33-49-52(50)45-16-7-9-20-48(45)55-49/h1-33H. The molecule has 3 heteroatoms. The summed E-state index contributed by atoms with van der Waals surface area (Å²) in [6, 6.07) is 72.1. The van der Waals surface area contributed by atoms with Gasteiger partial charge in [-0.2, -0.15) is 0 Å². The molecule has 0 aliphatic heterocycles. The number of hydrogen-bond donors (Lipinski definition) is 0. The number of nitrogens with zero attached hydrogens (tertiary/aromatic N) is 1. The Balaban J connectivity index is 1.04. The number of benzene rings is 9. The minimum atomic E-state index is 0.905. The minimum Gasteiger partial charge on any atom is -0.456 e. The zero-order valence-electron chi connectivity index (χ0n) is 29.8. The topological polar surface area (TPSA) is 16.4 Å². The van der Waals surface area contributed by atoms with Crippen LogP contribution in [0.25, 0.3) is 86.3 Å². The van der Waals surface area contributed by atoms with Crippen LogP contribution in [0.3, 0.4) is 0 Å². The lowest BCUT2D eigenvalue weighted by Gasteiger charge is -2.26. The van der Waals surface area contributed by atoms with Gasteiger partial charge in [-0.3, -0.25) is 0 Å². The van der Waals surface area contributed by atoms with Crippen molar-refractivity contribution in [2.45, 2.75) is 0 Å². The quantitative estimate of drug-likeness (QED) is 0.170. The molecule has 0 amide bonds. The van der Waals surface area contributed by atoms with E-state index in [-0.39, 0.29) is 0 Å². The highest BCUT2D eigenvalue weighted by Crippen LogP contribution is 2.46. The summed E-state index contributed by atoms with van der Waals surface area (Å²) in [5.74, 6) is 0. The number of hydrogen-bond acceptors (Lipinski definition) is 3. The van der Waals surface area contributed by atoms with Gasteiger partial charge in [0, 0.05) is 48.0 Å². The van der Waals surface area contributed by atoms with Crippen LogP contribution >= 0.6 is 11.3 Å². The highest BCUT2D eigenvalue weighted by molar-refractivity contribution is 7.26. The molecule has 0 spiro atoms. The Morgan fingerprint density at radius 3 is 1.67 bits per heavy atom. The predicted octanol–water partition coefficient (Wildman–Crippen LogP) is 15.6. The first-order valence-corrected chi connectivity index (χ1v) is 19.5. The molecule has 0 N–H and O–H groups in total. The normalized spacial score (nSPS) is 11.6. The predicted molar refractivity (Wildman–Crippen MR) is 235 cm³/mol. The molecule has 0 unspecified atom stereocenters. The van der Waals surface area contributed by atoms with Crippen LogP contribution in [0.15, 0.2) is 205 Å². The van der Waals surface area contributed by atoms with Gasteiger partial charge in [0.25, 0.3) is 0 Å². The zero-order chi connectivity index (χ0) is 36.3. The Morgan fingerprint density at radius 2 is 0.927 bits per heavy atom. The van der Waals surface area contributed by atoms with Crippen LogP contribution in [0.2, 0.25) is 0 Å². The van der Waals surface area contributed by atoms with E-state index in [0.717, 1.165) is 44.6 Å². The first-order valence-electron chi connectivity index (χ1n) is 18.7. The van der Waals surface area contributed by atoms with Gasteiger partial charge < -0.3 is 9.32 Å². The van der Waals surface area contributed by atoms with Crippen molar-refractivity contribution in [3.8, 4) is 33.4 Å². The number of furan rings is 1.